The Kier molecular flexibility index (Phi) is 34.1. The predicted octanol–water partition coefficient (Wildman–Crippen LogP) is 9.20. The molecule has 57 heavy (non-hydrogen) atoms. The first-order chi connectivity index (χ1) is 27.8. The van der Waals surface area contributed by atoms with E-state index in [1.807, 2.05) is 0 Å². The Bertz CT molecular complexity index is 956. The number of hydrogen-bond acceptors (Lipinski definition) is 11. The summed E-state index contributed by atoms with van der Waals surface area (Å²) in [5.41, 5.74) is 0. The summed E-state index contributed by atoms with van der Waals surface area (Å²) in [5.74, 6) is -0.698. The van der Waals surface area contributed by atoms with E-state index in [9.17, 15) is 24.3 Å². The molecule has 1 aliphatic carbocycles. The van der Waals surface area contributed by atoms with Crippen LogP contribution in [0.1, 0.15) is 188 Å². The summed E-state index contributed by atoms with van der Waals surface area (Å²) < 4.78 is 22.5. The van der Waals surface area contributed by atoms with Crippen LogP contribution in [-0.4, -0.2) is 111 Å². The fourth-order valence-corrected chi connectivity index (χ4v) is 7.13. The monoisotopic (exact) mass is 811 g/mol. The van der Waals surface area contributed by atoms with Crippen LogP contribution >= 0.6 is 0 Å². The van der Waals surface area contributed by atoms with Gasteiger partial charge in [-0.1, -0.05) is 98.3 Å². The lowest BCUT2D eigenvalue weighted by Gasteiger charge is -2.39. The maximum Gasteiger partial charge on any atom is 0.305 e. The number of ether oxygens (including phenoxy) is 4. The molecule has 0 amide bonds. The topological polar surface area (TPSA) is 132 Å². The Labute approximate surface area is 348 Å². The third kappa shape index (κ3) is 29.6. The number of carbonyl (C=O) groups excluding carboxylic acids is 4. The zero-order valence-electron chi connectivity index (χ0n) is 37.1. The summed E-state index contributed by atoms with van der Waals surface area (Å²) in [6, 6.07) is 0.597. The molecule has 0 heterocycles. The van der Waals surface area contributed by atoms with Gasteiger partial charge in [0.2, 0.25) is 0 Å². The van der Waals surface area contributed by atoms with E-state index in [1.165, 1.54) is 19.3 Å². The molecule has 0 atom stereocenters. The van der Waals surface area contributed by atoms with Gasteiger partial charge in [0.15, 0.2) is 0 Å². The summed E-state index contributed by atoms with van der Waals surface area (Å²) in [7, 11) is 0. The van der Waals surface area contributed by atoms with Crippen molar-refractivity contribution in [3.05, 3.63) is 0 Å². The Morgan fingerprint density at radius 2 is 0.877 bits per heavy atom. The quantitative estimate of drug-likeness (QED) is 0.0361. The maximum absolute atomic E-state index is 12.3. The number of aliphatic hydroxyl groups is 1. The van der Waals surface area contributed by atoms with Crippen LogP contribution in [0.2, 0.25) is 0 Å². The minimum atomic E-state index is -0.176. The second kappa shape index (κ2) is 36.8. The van der Waals surface area contributed by atoms with E-state index in [2.05, 4.69) is 37.5 Å². The van der Waals surface area contributed by atoms with E-state index < -0.39 is 0 Å². The van der Waals surface area contributed by atoms with Crippen LogP contribution in [0.5, 0.6) is 0 Å². The van der Waals surface area contributed by atoms with E-state index in [0.29, 0.717) is 51.5 Å². The first kappa shape index (κ1) is 52.8. The smallest absolute Gasteiger partial charge is 0.305 e. The second-order valence-electron chi connectivity index (χ2n) is 16.5. The molecule has 1 fully saturated rings. The molecule has 0 radical (unpaired) electrons. The van der Waals surface area contributed by atoms with Crippen molar-refractivity contribution < 1.29 is 43.2 Å². The molecule has 0 spiro atoms. The van der Waals surface area contributed by atoms with Gasteiger partial charge in [-0.2, -0.15) is 0 Å². The minimum Gasteiger partial charge on any atom is -0.465 e. The highest BCUT2D eigenvalue weighted by molar-refractivity contribution is 5.70. The van der Waals surface area contributed by atoms with Crippen molar-refractivity contribution in [2.45, 2.75) is 194 Å². The predicted molar refractivity (Wildman–Crippen MR) is 228 cm³/mol. The molecule has 0 unspecified atom stereocenters. The molecular formula is C46H86N2O9. The Morgan fingerprint density at radius 3 is 1.21 bits per heavy atom. The van der Waals surface area contributed by atoms with Crippen LogP contribution in [0.25, 0.3) is 0 Å². The summed E-state index contributed by atoms with van der Waals surface area (Å²) in [6.45, 7) is 14.0. The van der Waals surface area contributed by atoms with Gasteiger partial charge < -0.3 is 24.1 Å². The highest BCUT2D eigenvalue weighted by Crippen LogP contribution is 2.25. The number of nitrogens with zero attached hydrogens (tertiary/aromatic N) is 2. The maximum atomic E-state index is 12.3. The lowest BCUT2D eigenvalue weighted by molar-refractivity contribution is -0.151. The summed E-state index contributed by atoms with van der Waals surface area (Å²) in [5, 5.41) is 9.89. The number of hydrogen-bond donors (Lipinski definition) is 1. The highest BCUT2D eigenvalue weighted by atomic mass is 16.6. The van der Waals surface area contributed by atoms with Crippen LogP contribution < -0.4 is 0 Å². The molecule has 0 bridgehead atoms. The lowest BCUT2D eigenvalue weighted by Crippen LogP contribution is -2.45. The van der Waals surface area contributed by atoms with Gasteiger partial charge in [0.25, 0.3) is 0 Å². The molecule has 0 aromatic carbocycles. The van der Waals surface area contributed by atoms with E-state index in [4.69, 9.17) is 18.9 Å². The molecule has 0 aromatic rings. The van der Waals surface area contributed by atoms with Gasteiger partial charge in [-0.05, 0) is 77.3 Å². The average Bonchev–Trinajstić information content (AvgIpc) is 3.17. The van der Waals surface area contributed by atoms with Crippen molar-refractivity contribution in [3.8, 4) is 0 Å². The normalized spacial score (nSPS) is 13.1. The number of aliphatic hydroxyl groups excluding tert-OH is 1. The second-order valence-corrected chi connectivity index (χ2v) is 16.5. The van der Waals surface area contributed by atoms with Gasteiger partial charge >= 0.3 is 23.9 Å². The molecular weight excluding hydrogens is 725 g/mol. The number of carbonyl (C=O) groups is 4. The molecule has 334 valence electrons. The summed E-state index contributed by atoms with van der Waals surface area (Å²) in [4.78, 5) is 54.3. The van der Waals surface area contributed by atoms with E-state index in [-0.39, 0.29) is 55.5 Å². The fraction of sp³-hybridized carbons (Fsp3) is 0.913. The molecule has 0 aliphatic heterocycles. The van der Waals surface area contributed by atoms with Crippen LogP contribution in [0.15, 0.2) is 0 Å². The third-order valence-corrected chi connectivity index (χ3v) is 11.2. The van der Waals surface area contributed by atoms with Crippen molar-refractivity contribution in [3.63, 3.8) is 0 Å². The van der Waals surface area contributed by atoms with Gasteiger partial charge in [0.1, 0.15) is 0 Å². The van der Waals surface area contributed by atoms with Gasteiger partial charge in [0.05, 0.1) is 33.0 Å². The molecule has 1 rings (SSSR count). The van der Waals surface area contributed by atoms with Crippen molar-refractivity contribution in [2.24, 2.45) is 11.8 Å². The standard InChI is InChI=1S/C46H86N2O9/c1-5-9-13-26-43(50)54-36-40(37-55-44(51)27-14-10-6-2)22-17-19-30-47(34-35-49)32-33-48(42-24-21-25-42)31-20-18-23-41(38-56-45(52)28-15-11-7-3)39-57-46(53)29-16-12-8-4/h40-42,49H,5-39H2,1-4H3. The van der Waals surface area contributed by atoms with Crippen molar-refractivity contribution in [1.82, 2.24) is 9.80 Å². The van der Waals surface area contributed by atoms with E-state index in [0.717, 1.165) is 142 Å². The minimum absolute atomic E-state index is 0.00253. The van der Waals surface area contributed by atoms with Crippen LogP contribution in [-0.2, 0) is 38.1 Å². The van der Waals surface area contributed by atoms with Crippen molar-refractivity contribution in [2.75, 3.05) is 65.8 Å². The van der Waals surface area contributed by atoms with Crippen molar-refractivity contribution in [1.29, 1.82) is 0 Å². The molecule has 11 heteroatoms. The average molecular weight is 811 g/mol. The third-order valence-electron chi connectivity index (χ3n) is 11.2. The zero-order chi connectivity index (χ0) is 41.8. The van der Waals surface area contributed by atoms with Gasteiger partial charge in [0, 0.05) is 63.2 Å². The summed E-state index contributed by atoms with van der Waals surface area (Å²) in [6.07, 6.45) is 22.6. The fourth-order valence-electron chi connectivity index (χ4n) is 7.13. The molecule has 0 aromatic heterocycles. The largest absolute Gasteiger partial charge is 0.465 e. The number of unbranched alkanes of at least 4 members (excludes halogenated alkanes) is 10. The van der Waals surface area contributed by atoms with Crippen LogP contribution in [0.4, 0.5) is 0 Å². The Hall–Kier alpha value is -2.24. The molecule has 1 aliphatic rings. The SMILES string of the molecule is CCCCCC(=O)OCC(CCCCN(CCO)CCN(CCCCC(COC(=O)CCCCC)COC(=O)CCCCC)C1CCC1)COC(=O)CCCCC. The molecule has 11 nitrogen and oxygen atoms in total. The summed E-state index contributed by atoms with van der Waals surface area (Å²) >= 11 is 0. The van der Waals surface area contributed by atoms with E-state index in [1.54, 1.807) is 0 Å². The molecule has 1 saturated carbocycles. The van der Waals surface area contributed by atoms with Gasteiger partial charge in [-0.3, -0.25) is 29.0 Å². The zero-order valence-corrected chi connectivity index (χ0v) is 37.1. The number of esters is 4. The molecule has 0 saturated heterocycles. The Balaban J connectivity index is 2.64. The highest BCUT2D eigenvalue weighted by Gasteiger charge is 2.25. The van der Waals surface area contributed by atoms with Gasteiger partial charge in [-0.15, -0.1) is 0 Å². The lowest BCUT2D eigenvalue weighted by atomic mass is 9.91. The van der Waals surface area contributed by atoms with Crippen LogP contribution in [0.3, 0.4) is 0 Å². The first-order valence-electron chi connectivity index (χ1n) is 23.5. The Morgan fingerprint density at radius 1 is 0.491 bits per heavy atom. The van der Waals surface area contributed by atoms with Crippen LogP contribution in [0, 0.1) is 11.8 Å². The first-order valence-corrected chi connectivity index (χ1v) is 23.5. The van der Waals surface area contributed by atoms with Gasteiger partial charge in [-0.25, -0.2) is 0 Å². The van der Waals surface area contributed by atoms with E-state index >= 15 is 0 Å². The number of rotatable bonds is 40. The van der Waals surface area contributed by atoms with Crippen molar-refractivity contribution >= 4 is 23.9 Å². The molecule has 1 N–H and O–H groups in total.